The minimum absolute atomic E-state index is 0. The molecule has 1 aliphatic rings. The van der Waals surface area contributed by atoms with Crippen molar-refractivity contribution in [2.24, 2.45) is 4.99 Å². The van der Waals surface area contributed by atoms with Crippen LogP contribution in [-0.2, 0) is 23.1 Å². The SMILES string of the molecule is CCNC(=NCc1ccc(S(=O)(=O)N2CCCCC2)cc1)N(C)Cc1csc(C)n1.I. The molecule has 2 aromatic rings. The summed E-state index contributed by atoms with van der Waals surface area (Å²) in [4.78, 5) is 11.6. The second-order valence-corrected chi connectivity index (χ2v) is 10.5. The Morgan fingerprint density at radius 3 is 2.48 bits per heavy atom. The number of aryl methyl sites for hydroxylation is 1. The summed E-state index contributed by atoms with van der Waals surface area (Å²) in [6, 6.07) is 7.11. The second-order valence-electron chi connectivity index (χ2n) is 7.49. The molecule has 7 nitrogen and oxygen atoms in total. The molecule has 1 fully saturated rings. The summed E-state index contributed by atoms with van der Waals surface area (Å²) in [5, 5.41) is 6.43. The lowest BCUT2D eigenvalue weighted by molar-refractivity contribution is 0.346. The summed E-state index contributed by atoms with van der Waals surface area (Å²) in [5.41, 5.74) is 2.00. The summed E-state index contributed by atoms with van der Waals surface area (Å²) >= 11 is 1.64. The molecule has 0 atom stereocenters. The van der Waals surface area contributed by atoms with Crippen LogP contribution in [0.4, 0.5) is 0 Å². The molecule has 2 heterocycles. The average molecular weight is 578 g/mol. The Morgan fingerprint density at radius 2 is 1.90 bits per heavy atom. The van der Waals surface area contributed by atoms with Gasteiger partial charge in [-0.25, -0.2) is 18.4 Å². The molecule has 3 rings (SSSR count). The van der Waals surface area contributed by atoms with Gasteiger partial charge in [-0.2, -0.15) is 4.31 Å². The monoisotopic (exact) mass is 577 g/mol. The van der Waals surface area contributed by atoms with Gasteiger partial charge in [-0.3, -0.25) is 0 Å². The number of nitrogens with one attached hydrogen (secondary N) is 1. The Bertz CT molecular complexity index is 954. The van der Waals surface area contributed by atoms with Crippen molar-refractivity contribution in [2.75, 3.05) is 26.7 Å². The lowest BCUT2D eigenvalue weighted by Crippen LogP contribution is -2.38. The van der Waals surface area contributed by atoms with Crippen molar-refractivity contribution in [2.45, 2.75) is 51.1 Å². The van der Waals surface area contributed by atoms with E-state index in [2.05, 4.69) is 15.7 Å². The number of rotatable bonds is 7. The number of hydrogen-bond donors (Lipinski definition) is 1. The summed E-state index contributed by atoms with van der Waals surface area (Å²) in [6.45, 7) is 7.21. The lowest BCUT2D eigenvalue weighted by atomic mass is 10.2. The van der Waals surface area contributed by atoms with Crippen molar-refractivity contribution in [3.8, 4) is 0 Å². The minimum Gasteiger partial charge on any atom is -0.357 e. The molecule has 1 aromatic heterocycles. The maximum atomic E-state index is 12.8. The molecule has 0 spiro atoms. The van der Waals surface area contributed by atoms with Gasteiger partial charge < -0.3 is 10.2 Å². The van der Waals surface area contributed by atoms with Crippen LogP contribution < -0.4 is 5.32 Å². The van der Waals surface area contributed by atoms with Crippen molar-refractivity contribution < 1.29 is 8.42 Å². The number of piperidine rings is 1. The fourth-order valence-electron chi connectivity index (χ4n) is 3.46. The van der Waals surface area contributed by atoms with Crippen LogP contribution in [0.2, 0.25) is 0 Å². The van der Waals surface area contributed by atoms with Crippen molar-refractivity contribution >= 4 is 51.3 Å². The van der Waals surface area contributed by atoms with Crippen LogP contribution >= 0.6 is 35.3 Å². The van der Waals surface area contributed by atoms with Crippen LogP contribution in [0, 0.1) is 6.92 Å². The maximum Gasteiger partial charge on any atom is 0.243 e. The molecule has 172 valence electrons. The molecule has 0 unspecified atom stereocenters. The Hall–Kier alpha value is -1.24. The molecular weight excluding hydrogens is 545 g/mol. The summed E-state index contributed by atoms with van der Waals surface area (Å²) < 4.78 is 27.2. The Balaban J connectivity index is 0.00000341. The summed E-state index contributed by atoms with van der Waals surface area (Å²) in [7, 11) is -1.40. The van der Waals surface area contributed by atoms with Crippen LogP contribution in [0.3, 0.4) is 0 Å². The van der Waals surface area contributed by atoms with Gasteiger partial charge in [0.1, 0.15) is 0 Å². The molecule has 0 saturated carbocycles. The molecule has 31 heavy (non-hydrogen) atoms. The predicted octanol–water partition coefficient (Wildman–Crippen LogP) is 3.84. The zero-order valence-corrected chi connectivity index (χ0v) is 22.3. The molecule has 10 heteroatoms. The van der Waals surface area contributed by atoms with Gasteiger partial charge in [-0.05, 0) is 44.4 Å². The van der Waals surface area contributed by atoms with Crippen LogP contribution in [0.5, 0.6) is 0 Å². The first-order valence-electron chi connectivity index (χ1n) is 10.4. The topological polar surface area (TPSA) is 77.9 Å². The van der Waals surface area contributed by atoms with Gasteiger partial charge in [0.25, 0.3) is 0 Å². The molecule has 1 N–H and O–H groups in total. The molecule has 0 aliphatic carbocycles. The Kier molecular flexibility index (Phi) is 10.2. The van der Waals surface area contributed by atoms with Gasteiger partial charge >= 0.3 is 0 Å². The van der Waals surface area contributed by atoms with E-state index in [0.29, 0.717) is 31.1 Å². The first-order chi connectivity index (χ1) is 14.4. The number of hydrogen-bond acceptors (Lipinski definition) is 5. The van der Waals surface area contributed by atoms with E-state index in [0.717, 1.165) is 48.0 Å². The molecule has 0 bridgehead atoms. The molecule has 1 saturated heterocycles. The van der Waals surface area contributed by atoms with Crippen LogP contribution in [-0.4, -0.2) is 55.2 Å². The fraction of sp³-hybridized carbons (Fsp3) is 0.524. The van der Waals surface area contributed by atoms with Gasteiger partial charge in [0.05, 0.1) is 28.7 Å². The van der Waals surface area contributed by atoms with Crippen molar-refractivity contribution in [3.63, 3.8) is 0 Å². The zero-order valence-electron chi connectivity index (χ0n) is 18.4. The minimum atomic E-state index is -3.39. The van der Waals surface area contributed by atoms with Crippen molar-refractivity contribution in [1.82, 2.24) is 19.5 Å². The number of guanidine groups is 1. The highest BCUT2D eigenvalue weighted by molar-refractivity contribution is 14.0. The summed E-state index contributed by atoms with van der Waals surface area (Å²) in [6.07, 6.45) is 2.98. The maximum absolute atomic E-state index is 12.8. The standard InChI is InChI=1S/C21H31N5O2S2.HI/c1-4-22-21(25(3)15-19-16-29-17(2)24-19)23-14-18-8-10-20(11-9-18)30(27,28)26-12-6-5-7-13-26;/h8-11,16H,4-7,12-15H2,1-3H3,(H,22,23);1H. The third-order valence-electron chi connectivity index (χ3n) is 5.05. The lowest BCUT2D eigenvalue weighted by Gasteiger charge is -2.25. The molecule has 0 radical (unpaired) electrons. The smallest absolute Gasteiger partial charge is 0.243 e. The zero-order chi connectivity index (χ0) is 21.6. The number of nitrogens with zero attached hydrogens (tertiary/aromatic N) is 4. The van der Waals surface area contributed by atoms with Crippen LogP contribution in [0.15, 0.2) is 39.5 Å². The molecule has 0 amide bonds. The van der Waals surface area contributed by atoms with E-state index in [1.165, 1.54) is 0 Å². The highest BCUT2D eigenvalue weighted by Crippen LogP contribution is 2.21. The van der Waals surface area contributed by atoms with Gasteiger partial charge in [-0.1, -0.05) is 18.6 Å². The first kappa shape index (κ1) is 26.0. The summed E-state index contributed by atoms with van der Waals surface area (Å²) in [5.74, 6) is 0.799. The molecule has 1 aliphatic heterocycles. The fourth-order valence-corrected chi connectivity index (χ4v) is 5.58. The van der Waals surface area contributed by atoms with E-state index in [9.17, 15) is 8.42 Å². The van der Waals surface area contributed by atoms with Crippen LogP contribution in [0.25, 0.3) is 0 Å². The number of sulfonamides is 1. The molecular formula is C21H32IN5O2S2. The van der Waals surface area contributed by atoms with E-state index >= 15 is 0 Å². The largest absolute Gasteiger partial charge is 0.357 e. The highest BCUT2D eigenvalue weighted by Gasteiger charge is 2.25. The number of benzene rings is 1. The average Bonchev–Trinajstić information content (AvgIpc) is 3.16. The van der Waals surface area contributed by atoms with E-state index in [-0.39, 0.29) is 24.0 Å². The number of aromatic nitrogens is 1. The van der Waals surface area contributed by atoms with E-state index in [1.54, 1.807) is 27.8 Å². The first-order valence-corrected chi connectivity index (χ1v) is 12.7. The normalized spacial score (nSPS) is 15.4. The Labute approximate surface area is 207 Å². The third kappa shape index (κ3) is 7.13. The second kappa shape index (κ2) is 12.1. The van der Waals surface area contributed by atoms with Gasteiger partial charge in [-0.15, -0.1) is 35.3 Å². The van der Waals surface area contributed by atoms with Crippen molar-refractivity contribution in [1.29, 1.82) is 0 Å². The van der Waals surface area contributed by atoms with E-state index in [4.69, 9.17) is 4.99 Å². The quantitative estimate of drug-likeness (QED) is 0.308. The molecule has 1 aromatic carbocycles. The van der Waals surface area contributed by atoms with E-state index in [1.807, 2.05) is 37.9 Å². The van der Waals surface area contributed by atoms with Gasteiger partial charge in [0, 0.05) is 32.1 Å². The number of halogens is 1. The van der Waals surface area contributed by atoms with Crippen molar-refractivity contribution in [3.05, 3.63) is 45.9 Å². The third-order valence-corrected chi connectivity index (χ3v) is 7.78. The van der Waals surface area contributed by atoms with Crippen LogP contribution in [0.1, 0.15) is 42.5 Å². The van der Waals surface area contributed by atoms with Gasteiger partial charge in [0.15, 0.2) is 5.96 Å². The van der Waals surface area contributed by atoms with Gasteiger partial charge in [0.2, 0.25) is 10.0 Å². The number of thiazole rings is 1. The predicted molar refractivity (Wildman–Crippen MR) is 138 cm³/mol. The number of aliphatic imine (C=N–C) groups is 1. The highest BCUT2D eigenvalue weighted by atomic mass is 127. The Morgan fingerprint density at radius 1 is 1.23 bits per heavy atom. The van der Waals surface area contributed by atoms with E-state index < -0.39 is 10.0 Å².